The van der Waals surface area contributed by atoms with Gasteiger partial charge in [-0.25, -0.2) is 0 Å². The van der Waals surface area contributed by atoms with Crippen molar-refractivity contribution in [3.8, 4) is 11.1 Å². The SMILES string of the molecule is CC(O)CCCCCCC=Cc1cccc2c1Cc1ccccc1-2. The smallest absolute Gasteiger partial charge is 0.0512 e. The molecule has 3 rings (SSSR count). The van der Waals surface area contributed by atoms with Crippen molar-refractivity contribution in [1.82, 2.24) is 0 Å². The van der Waals surface area contributed by atoms with Crippen molar-refractivity contribution in [2.75, 3.05) is 0 Å². The highest BCUT2D eigenvalue weighted by atomic mass is 16.3. The predicted molar refractivity (Wildman–Crippen MR) is 103 cm³/mol. The van der Waals surface area contributed by atoms with Crippen LogP contribution >= 0.6 is 0 Å². The van der Waals surface area contributed by atoms with Gasteiger partial charge in [-0.05, 0) is 60.4 Å². The summed E-state index contributed by atoms with van der Waals surface area (Å²) in [5.74, 6) is 0. The second-order valence-corrected chi connectivity index (χ2v) is 6.95. The predicted octanol–water partition coefficient (Wildman–Crippen LogP) is 5.99. The van der Waals surface area contributed by atoms with Gasteiger partial charge >= 0.3 is 0 Å². The number of hydrogen-bond donors (Lipinski definition) is 1. The van der Waals surface area contributed by atoms with Crippen molar-refractivity contribution in [3.63, 3.8) is 0 Å². The normalized spacial score (nSPS) is 13.9. The lowest BCUT2D eigenvalue weighted by Gasteiger charge is -2.05. The largest absolute Gasteiger partial charge is 0.393 e. The van der Waals surface area contributed by atoms with Crippen molar-refractivity contribution in [3.05, 3.63) is 65.2 Å². The third-order valence-electron chi connectivity index (χ3n) is 4.93. The zero-order valence-electron chi connectivity index (χ0n) is 14.7. The lowest BCUT2D eigenvalue weighted by molar-refractivity contribution is 0.180. The van der Waals surface area contributed by atoms with E-state index in [9.17, 15) is 5.11 Å². The minimum atomic E-state index is -0.144. The maximum Gasteiger partial charge on any atom is 0.0512 e. The first-order valence-electron chi connectivity index (χ1n) is 9.30. The van der Waals surface area contributed by atoms with Crippen molar-refractivity contribution >= 4 is 6.08 Å². The summed E-state index contributed by atoms with van der Waals surface area (Å²) < 4.78 is 0. The summed E-state index contributed by atoms with van der Waals surface area (Å²) in [6.07, 6.45) is 12.5. The lowest BCUT2D eigenvalue weighted by Crippen LogP contribution is -1.98. The molecule has 1 aliphatic carbocycles. The highest BCUT2D eigenvalue weighted by molar-refractivity contribution is 5.80. The molecule has 1 nitrogen and oxygen atoms in total. The fourth-order valence-corrected chi connectivity index (χ4v) is 3.60. The molecule has 1 N–H and O–H groups in total. The van der Waals surface area contributed by atoms with Gasteiger partial charge in [0.15, 0.2) is 0 Å². The third-order valence-corrected chi connectivity index (χ3v) is 4.93. The van der Waals surface area contributed by atoms with E-state index in [4.69, 9.17) is 0 Å². The maximum absolute atomic E-state index is 9.25. The molecule has 0 amide bonds. The molecule has 0 aromatic heterocycles. The summed E-state index contributed by atoms with van der Waals surface area (Å²) in [7, 11) is 0. The van der Waals surface area contributed by atoms with Crippen LogP contribution in [0.3, 0.4) is 0 Å². The number of allylic oxidation sites excluding steroid dienone is 1. The second-order valence-electron chi connectivity index (χ2n) is 6.95. The number of fused-ring (bicyclic) bond motifs is 3. The van der Waals surface area contributed by atoms with Gasteiger partial charge in [0, 0.05) is 0 Å². The molecule has 1 heteroatoms. The summed E-state index contributed by atoms with van der Waals surface area (Å²) in [6.45, 7) is 1.87. The van der Waals surface area contributed by atoms with Gasteiger partial charge in [-0.3, -0.25) is 0 Å². The van der Waals surface area contributed by atoms with E-state index in [0.717, 1.165) is 25.7 Å². The number of rotatable bonds is 8. The van der Waals surface area contributed by atoms with Crippen LogP contribution in [0.1, 0.15) is 62.1 Å². The molecule has 0 fully saturated rings. The molecule has 0 spiro atoms. The molecule has 24 heavy (non-hydrogen) atoms. The molecule has 0 heterocycles. The van der Waals surface area contributed by atoms with Crippen LogP contribution in [0.2, 0.25) is 0 Å². The highest BCUT2D eigenvalue weighted by Crippen LogP contribution is 2.38. The van der Waals surface area contributed by atoms with Crippen LogP contribution in [0.25, 0.3) is 17.2 Å². The van der Waals surface area contributed by atoms with E-state index in [1.165, 1.54) is 47.1 Å². The molecular formula is C23H28O. The number of benzene rings is 2. The van der Waals surface area contributed by atoms with E-state index in [1.54, 1.807) is 0 Å². The van der Waals surface area contributed by atoms with E-state index in [-0.39, 0.29) is 6.10 Å². The first-order valence-corrected chi connectivity index (χ1v) is 9.30. The monoisotopic (exact) mass is 320 g/mol. The average molecular weight is 320 g/mol. The second kappa shape index (κ2) is 8.30. The number of aliphatic hydroxyl groups is 1. The molecule has 0 radical (unpaired) electrons. The zero-order valence-corrected chi connectivity index (χ0v) is 14.7. The first kappa shape index (κ1) is 17.0. The average Bonchev–Trinajstić information content (AvgIpc) is 2.96. The molecule has 126 valence electrons. The minimum Gasteiger partial charge on any atom is -0.393 e. The Labute approximate surface area is 146 Å². The van der Waals surface area contributed by atoms with Gasteiger partial charge in [0.05, 0.1) is 6.10 Å². The van der Waals surface area contributed by atoms with Crippen LogP contribution in [0.5, 0.6) is 0 Å². The summed E-state index contributed by atoms with van der Waals surface area (Å²) in [4.78, 5) is 0. The van der Waals surface area contributed by atoms with Gasteiger partial charge in [-0.2, -0.15) is 0 Å². The van der Waals surface area contributed by atoms with Crippen LogP contribution in [-0.2, 0) is 6.42 Å². The van der Waals surface area contributed by atoms with E-state index >= 15 is 0 Å². The molecule has 1 atom stereocenters. The van der Waals surface area contributed by atoms with Crippen LogP contribution in [0, 0.1) is 0 Å². The fraction of sp³-hybridized carbons (Fsp3) is 0.391. The molecular weight excluding hydrogens is 292 g/mol. The van der Waals surface area contributed by atoms with Crippen molar-refractivity contribution < 1.29 is 5.11 Å². The number of aliphatic hydroxyl groups excluding tert-OH is 1. The van der Waals surface area contributed by atoms with Gasteiger partial charge in [0.2, 0.25) is 0 Å². The Bertz CT molecular complexity index is 697. The Morgan fingerprint density at radius 3 is 2.62 bits per heavy atom. The Kier molecular flexibility index (Phi) is 5.87. The number of hydrogen-bond acceptors (Lipinski definition) is 1. The Balaban J connectivity index is 1.52. The van der Waals surface area contributed by atoms with Gasteiger partial charge in [0.1, 0.15) is 0 Å². The van der Waals surface area contributed by atoms with Crippen molar-refractivity contribution in [2.24, 2.45) is 0 Å². The van der Waals surface area contributed by atoms with Gasteiger partial charge in [0.25, 0.3) is 0 Å². The molecule has 1 aliphatic rings. The van der Waals surface area contributed by atoms with E-state index in [0.29, 0.717) is 0 Å². The summed E-state index contributed by atoms with van der Waals surface area (Å²) in [5.41, 5.74) is 7.11. The van der Waals surface area contributed by atoms with Crippen LogP contribution in [0.15, 0.2) is 48.5 Å². The van der Waals surface area contributed by atoms with E-state index in [2.05, 4.69) is 54.6 Å². The van der Waals surface area contributed by atoms with Gasteiger partial charge in [-0.1, -0.05) is 73.9 Å². The molecule has 0 saturated heterocycles. The summed E-state index contributed by atoms with van der Waals surface area (Å²) >= 11 is 0. The molecule has 1 unspecified atom stereocenters. The Morgan fingerprint density at radius 1 is 0.958 bits per heavy atom. The quantitative estimate of drug-likeness (QED) is 0.505. The van der Waals surface area contributed by atoms with Crippen LogP contribution < -0.4 is 0 Å². The third kappa shape index (κ3) is 4.15. The first-order chi connectivity index (χ1) is 11.8. The minimum absolute atomic E-state index is 0.144. The summed E-state index contributed by atoms with van der Waals surface area (Å²) in [6, 6.07) is 15.4. The topological polar surface area (TPSA) is 20.2 Å². The standard InChI is InChI=1S/C23H28O/c1-18(24)11-6-4-2-3-5-7-12-19-14-10-16-22-21-15-9-8-13-20(21)17-23(19)22/h7-10,12-16,18,24H,2-6,11,17H2,1H3. The number of unbranched alkanes of at least 4 members (excludes halogenated alkanes) is 4. The Hall–Kier alpha value is -1.86. The van der Waals surface area contributed by atoms with Crippen LogP contribution in [-0.4, -0.2) is 11.2 Å². The molecule has 0 aliphatic heterocycles. The van der Waals surface area contributed by atoms with E-state index < -0.39 is 0 Å². The van der Waals surface area contributed by atoms with Crippen molar-refractivity contribution in [1.29, 1.82) is 0 Å². The van der Waals surface area contributed by atoms with Crippen molar-refractivity contribution in [2.45, 2.75) is 58.0 Å². The lowest BCUT2D eigenvalue weighted by atomic mass is 10.0. The highest BCUT2D eigenvalue weighted by Gasteiger charge is 2.19. The molecule has 0 bridgehead atoms. The Morgan fingerprint density at radius 2 is 1.75 bits per heavy atom. The molecule has 2 aromatic rings. The van der Waals surface area contributed by atoms with Gasteiger partial charge in [-0.15, -0.1) is 0 Å². The zero-order chi connectivity index (χ0) is 16.8. The fourth-order valence-electron chi connectivity index (χ4n) is 3.60. The molecule has 2 aromatic carbocycles. The summed E-state index contributed by atoms with van der Waals surface area (Å²) in [5, 5.41) is 9.25. The molecule has 0 saturated carbocycles. The van der Waals surface area contributed by atoms with E-state index in [1.807, 2.05) is 6.92 Å². The maximum atomic E-state index is 9.25. The van der Waals surface area contributed by atoms with Crippen LogP contribution in [0.4, 0.5) is 0 Å². The van der Waals surface area contributed by atoms with Gasteiger partial charge < -0.3 is 5.11 Å².